The maximum atomic E-state index is 12.7. The van der Waals surface area contributed by atoms with Gasteiger partial charge in [-0.1, -0.05) is 18.2 Å². The number of fused-ring (bicyclic) bond motifs is 1. The summed E-state index contributed by atoms with van der Waals surface area (Å²) in [6.07, 6.45) is 1.32. The van der Waals surface area contributed by atoms with Crippen molar-refractivity contribution in [2.24, 2.45) is 5.92 Å². The summed E-state index contributed by atoms with van der Waals surface area (Å²) in [7, 11) is 1.58. The second kappa shape index (κ2) is 9.58. The third-order valence-corrected chi connectivity index (χ3v) is 7.16. The number of piperidine rings is 1. The Balaban J connectivity index is 1.47. The molecule has 1 N–H and O–H groups in total. The van der Waals surface area contributed by atoms with E-state index in [0.29, 0.717) is 49.6 Å². The number of benzene rings is 2. The molecule has 3 heterocycles. The van der Waals surface area contributed by atoms with Crippen LogP contribution < -0.4 is 14.2 Å². The summed E-state index contributed by atoms with van der Waals surface area (Å²) in [5.74, 6) is -0.353. The summed E-state index contributed by atoms with van der Waals surface area (Å²) < 4.78 is 16.2. The smallest absolute Gasteiger partial charge is 0.309 e. The fourth-order valence-electron chi connectivity index (χ4n) is 5.42. The molecule has 0 bridgehead atoms. The highest BCUT2D eigenvalue weighted by Crippen LogP contribution is 2.47. The van der Waals surface area contributed by atoms with Crippen molar-refractivity contribution >= 4 is 17.8 Å². The van der Waals surface area contributed by atoms with Gasteiger partial charge in [0.1, 0.15) is 5.75 Å². The van der Waals surface area contributed by atoms with E-state index in [1.807, 2.05) is 42.5 Å². The molecule has 3 unspecified atom stereocenters. The van der Waals surface area contributed by atoms with Gasteiger partial charge in [0, 0.05) is 44.4 Å². The van der Waals surface area contributed by atoms with Crippen LogP contribution in [0.25, 0.3) is 0 Å². The van der Waals surface area contributed by atoms with Crippen LogP contribution in [0.15, 0.2) is 42.5 Å². The van der Waals surface area contributed by atoms with Crippen LogP contribution in [0.3, 0.4) is 0 Å². The Morgan fingerprint density at radius 3 is 2.37 bits per heavy atom. The van der Waals surface area contributed by atoms with Gasteiger partial charge in [0.25, 0.3) is 0 Å². The minimum atomic E-state index is -0.902. The average Bonchev–Trinajstić information content (AvgIpc) is 3.48. The highest BCUT2D eigenvalue weighted by Gasteiger charge is 2.47. The van der Waals surface area contributed by atoms with Crippen molar-refractivity contribution < 1.29 is 33.7 Å². The zero-order valence-electron chi connectivity index (χ0n) is 19.5. The van der Waals surface area contributed by atoms with E-state index in [4.69, 9.17) is 14.2 Å². The zero-order valence-corrected chi connectivity index (χ0v) is 19.5. The Hall–Kier alpha value is -3.59. The molecule has 2 fully saturated rings. The zero-order chi connectivity index (χ0) is 24.5. The number of hydrogen-bond donors (Lipinski definition) is 1. The SMILES string of the molecule is COc1ccc(C2C(C(=O)O)C(c3ccc4c(c3)OCO4)CN2CCN2C(=O)CCCC2=O)cc1. The van der Waals surface area contributed by atoms with Crippen LogP contribution in [0, 0.1) is 5.92 Å². The molecule has 0 spiro atoms. The average molecular weight is 481 g/mol. The van der Waals surface area contributed by atoms with Gasteiger partial charge in [0.05, 0.1) is 13.0 Å². The molecular weight excluding hydrogens is 452 g/mol. The van der Waals surface area contributed by atoms with Crippen LogP contribution in [0.1, 0.15) is 42.3 Å². The first-order valence-electron chi connectivity index (χ1n) is 11.8. The van der Waals surface area contributed by atoms with Crippen molar-refractivity contribution in [1.29, 1.82) is 0 Å². The topological polar surface area (TPSA) is 106 Å². The fourth-order valence-corrected chi connectivity index (χ4v) is 5.42. The summed E-state index contributed by atoms with van der Waals surface area (Å²) in [4.78, 5) is 40.7. The van der Waals surface area contributed by atoms with E-state index in [-0.39, 0.29) is 31.1 Å². The van der Waals surface area contributed by atoms with E-state index in [2.05, 4.69) is 4.90 Å². The number of carbonyl (C=O) groups is 3. The quantitative estimate of drug-likeness (QED) is 0.603. The number of likely N-dealkylation sites (tertiary alicyclic amines) is 2. The second-order valence-electron chi connectivity index (χ2n) is 9.09. The lowest BCUT2D eigenvalue weighted by Crippen LogP contribution is -2.44. The normalized spacial score (nSPS) is 24.1. The number of nitrogens with zero attached hydrogens (tertiary/aromatic N) is 2. The predicted octanol–water partition coefficient (Wildman–Crippen LogP) is 2.80. The Labute approximate surface area is 203 Å². The van der Waals surface area contributed by atoms with Gasteiger partial charge >= 0.3 is 5.97 Å². The molecule has 9 nitrogen and oxygen atoms in total. The van der Waals surface area contributed by atoms with Crippen LogP contribution in [0.2, 0.25) is 0 Å². The summed E-state index contributed by atoms with van der Waals surface area (Å²) in [5, 5.41) is 10.4. The van der Waals surface area contributed by atoms with Crippen LogP contribution >= 0.6 is 0 Å². The molecule has 3 atom stereocenters. The van der Waals surface area contributed by atoms with Crippen LogP contribution in [-0.2, 0) is 14.4 Å². The molecule has 2 aromatic rings. The summed E-state index contributed by atoms with van der Waals surface area (Å²) in [6, 6.07) is 12.5. The lowest BCUT2D eigenvalue weighted by Gasteiger charge is -2.31. The number of hydrogen-bond acceptors (Lipinski definition) is 7. The van der Waals surface area contributed by atoms with E-state index < -0.39 is 17.9 Å². The number of carbonyl (C=O) groups excluding carboxylic acids is 2. The number of amides is 2. The van der Waals surface area contributed by atoms with E-state index in [0.717, 1.165) is 11.1 Å². The van der Waals surface area contributed by atoms with E-state index in [1.165, 1.54) is 4.90 Å². The number of rotatable bonds is 7. The first kappa shape index (κ1) is 23.2. The third-order valence-electron chi connectivity index (χ3n) is 7.16. The van der Waals surface area contributed by atoms with Crippen molar-refractivity contribution in [2.45, 2.75) is 31.2 Å². The van der Waals surface area contributed by atoms with E-state index in [9.17, 15) is 19.5 Å². The molecular formula is C26H28N2O7. The molecule has 0 aliphatic carbocycles. The molecule has 3 aliphatic rings. The molecule has 2 amide bonds. The Morgan fingerprint density at radius 1 is 1.00 bits per heavy atom. The molecule has 0 radical (unpaired) electrons. The fraction of sp³-hybridized carbons (Fsp3) is 0.423. The van der Waals surface area contributed by atoms with Crippen molar-refractivity contribution in [2.75, 3.05) is 33.5 Å². The highest BCUT2D eigenvalue weighted by molar-refractivity contribution is 5.97. The second-order valence-corrected chi connectivity index (χ2v) is 9.09. The molecule has 35 heavy (non-hydrogen) atoms. The number of methoxy groups -OCH3 is 1. The van der Waals surface area contributed by atoms with Gasteiger partial charge in [0.2, 0.25) is 18.6 Å². The number of ether oxygens (including phenoxy) is 3. The molecule has 0 saturated carbocycles. The molecule has 184 valence electrons. The minimum Gasteiger partial charge on any atom is -0.497 e. The monoisotopic (exact) mass is 480 g/mol. The van der Waals surface area contributed by atoms with Gasteiger partial charge in [-0.05, 0) is 41.8 Å². The minimum absolute atomic E-state index is 0.143. The lowest BCUT2D eigenvalue weighted by molar-refractivity contribution is -0.149. The van der Waals surface area contributed by atoms with Crippen molar-refractivity contribution in [3.8, 4) is 17.2 Å². The first-order valence-corrected chi connectivity index (χ1v) is 11.8. The predicted molar refractivity (Wildman–Crippen MR) is 124 cm³/mol. The first-order chi connectivity index (χ1) is 17.0. The Bertz CT molecular complexity index is 1120. The van der Waals surface area contributed by atoms with Crippen LogP contribution in [0.5, 0.6) is 17.2 Å². The van der Waals surface area contributed by atoms with Crippen molar-refractivity contribution in [1.82, 2.24) is 9.80 Å². The lowest BCUT2D eigenvalue weighted by atomic mass is 9.82. The number of carboxylic acids is 1. The Kier molecular flexibility index (Phi) is 6.34. The summed E-state index contributed by atoms with van der Waals surface area (Å²) in [6.45, 7) is 1.23. The van der Waals surface area contributed by atoms with E-state index in [1.54, 1.807) is 7.11 Å². The maximum absolute atomic E-state index is 12.7. The number of carboxylic acid groups (broad SMARTS) is 1. The standard InChI is InChI=1S/C26H28N2O7/c1-33-18-8-5-16(6-9-18)25-24(26(31)32)19(17-7-10-20-21(13-17)35-15-34-20)14-27(25)11-12-28-22(29)3-2-4-23(28)30/h5-10,13,19,24-25H,2-4,11-12,14-15H2,1H3,(H,31,32). The third kappa shape index (κ3) is 4.43. The maximum Gasteiger partial charge on any atom is 0.309 e. The molecule has 9 heteroatoms. The van der Waals surface area contributed by atoms with Gasteiger partial charge in [-0.15, -0.1) is 0 Å². The molecule has 5 rings (SSSR count). The summed E-state index contributed by atoms with van der Waals surface area (Å²) >= 11 is 0. The van der Waals surface area contributed by atoms with Crippen molar-refractivity contribution in [3.05, 3.63) is 53.6 Å². The van der Waals surface area contributed by atoms with Gasteiger partial charge in [0.15, 0.2) is 11.5 Å². The van der Waals surface area contributed by atoms with Gasteiger partial charge in [-0.2, -0.15) is 0 Å². The Morgan fingerprint density at radius 2 is 1.69 bits per heavy atom. The van der Waals surface area contributed by atoms with Crippen LogP contribution in [-0.4, -0.2) is 66.2 Å². The number of imide groups is 1. The molecule has 2 saturated heterocycles. The summed E-state index contributed by atoms with van der Waals surface area (Å²) in [5.41, 5.74) is 1.70. The molecule has 3 aliphatic heterocycles. The number of aliphatic carboxylic acids is 1. The van der Waals surface area contributed by atoms with Gasteiger partial charge < -0.3 is 19.3 Å². The highest BCUT2D eigenvalue weighted by atomic mass is 16.7. The van der Waals surface area contributed by atoms with Crippen molar-refractivity contribution in [3.63, 3.8) is 0 Å². The van der Waals surface area contributed by atoms with E-state index >= 15 is 0 Å². The van der Waals surface area contributed by atoms with Crippen LogP contribution in [0.4, 0.5) is 0 Å². The molecule has 2 aromatic carbocycles. The van der Waals surface area contributed by atoms with Gasteiger partial charge in [-0.3, -0.25) is 24.2 Å². The molecule has 0 aromatic heterocycles. The van der Waals surface area contributed by atoms with Gasteiger partial charge in [-0.25, -0.2) is 0 Å². The largest absolute Gasteiger partial charge is 0.497 e.